The maximum absolute atomic E-state index is 5.80. The first-order valence-corrected chi connectivity index (χ1v) is 7.03. The van der Waals surface area contributed by atoms with Gasteiger partial charge < -0.3 is 9.47 Å². The fourth-order valence-corrected chi connectivity index (χ4v) is 2.42. The Morgan fingerprint density at radius 3 is 3.06 bits per heavy atom. The average Bonchev–Trinajstić information content (AvgIpc) is 2.37. The molecule has 2 atom stereocenters. The third kappa shape index (κ3) is 4.09. The highest BCUT2D eigenvalue weighted by molar-refractivity contribution is 9.10. The van der Waals surface area contributed by atoms with E-state index < -0.39 is 0 Å². The molecule has 0 amide bonds. The van der Waals surface area contributed by atoms with Gasteiger partial charge in [-0.15, -0.1) is 0 Å². The average molecular weight is 299 g/mol. The van der Waals surface area contributed by atoms with Crippen molar-refractivity contribution < 1.29 is 9.47 Å². The van der Waals surface area contributed by atoms with E-state index >= 15 is 0 Å². The van der Waals surface area contributed by atoms with E-state index in [1.165, 1.54) is 18.4 Å². The van der Waals surface area contributed by atoms with E-state index in [-0.39, 0.29) is 6.29 Å². The Morgan fingerprint density at radius 1 is 1.47 bits per heavy atom. The van der Waals surface area contributed by atoms with Gasteiger partial charge in [0.2, 0.25) is 0 Å². The Labute approximate surface area is 111 Å². The van der Waals surface area contributed by atoms with Gasteiger partial charge in [0.15, 0.2) is 6.29 Å². The van der Waals surface area contributed by atoms with Gasteiger partial charge in [0.25, 0.3) is 0 Å². The van der Waals surface area contributed by atoms with Crippen molar-refractivity contribution in [1.29, 1.82) is 0 Å². The summed E-state index contributed by atoms with van der Waals surface area (Å²) >= 11 is 3.49. The Bertz CT molecular complexity index is 348. The van der Waals surface area contributed by atoms with E-state index in [9.17, 15) is 0 Å². The lowest BCUT2D eigenvalue weighted by atomic mass is 10.0. The molecule has 1 saturated heterocycles. The zero-order valence-electron chi connectivity index (χ0n) is 10.2. The summed E-state index contributed by atoms with van der Waals surface area (Å²) in [5.74, 6) is 0.401. The molecular formula is C14H19BrO2. The molecule has 17 heavy (non-hydrogen) atoms. The van der Waals surface area contributed by atoms with Crippen LogP contribution in [0.3, 0.4) is 0 Å². The number of rotatable bonds is 4. The predicted molar refractivity (Wildman–Crippen MR) is 72.1 cm³/mol. The molecule has 1 fully saturated rings. The van der Waals surface area contributed by atoms with Gasteiger partial charge in [-0.2, -0.15) is 0 Å². The Kier molecular flexibility index (Phi) is 5.01. The van der Waals surface area contributed by atoms with E-state index in [0.29, 0.717) is 5.92 Å². The number of hydrogen-bond acceptors (Lipinski definition) is 2. The lowest BCUT2D eigenvalue weighted by Crippen LogP contribution is -2.24. The number of halogens is 1. The summed E-state index contributed by atoms with van der Waals surface area (Å²) in [4.78, 5) is 0. The summed E-state index contributed by atoms with van der Waals surface area (Å²) in [5.41, 5.74) is 1.30. The van der Waals surface area contributed by atoms with Crippen LogP contribution in [0.2, 0.25) is 0 Å². The molecule has 94 valence electrons. The second-order valence-corrected chi connectivity index (χ2v) is 5.50. The Balaban J connectivity index is 1.82. The SMILES string of the molecule is CC(COC1CCCCO1)c1cccc(Br)c1. The third-order valence-electron chi connectivity index (χ3n) is 3.09. The van der Waals surface area contributed by atoms with Crippen molar-refractivity contribution in [2.24, 2.45) is 0 Å². The van der Waals surface area contributed by atoms with Crippen molar-refractivity contribution in [3.8, 4) is 0 Å². The smallest absolute Gasteiger partial charge is 0.157 e. The molecule has 3 heteroatoms. The van der Waals surface area contributed by atoms with Crippen molar-refractivity contribution >= 4 is 15.9 Å². The minimum Gasteiger partial charge on any atom is -0.353 e. The first kappa shape index (κ1) is 13.1. The highest BCUT2D eigenvalue weighted by atomic mass is 79.9. The maximum atomic E-state index is 5.80. The van der Waals surface area contributed by atoms with Crippen LogP contribution in [0.5, 0.6) is 0 Å². The van der Waals surface area contributed by atoms with Crippen molar-refractivity contribution in [2.75, 3.05) is 13.2 Å². The van der Waals surface area contributed by atoms with Gasteiger partial charge in [0, 0.05) is 17.0 Å². The summed E-state index contributed by atoms with van der Waals surface area (Å²) in [6.45, 7) is 3.75. The molecular weight excluding hydrogens is 280 g/mol. The highest BCUT2D eigenvalue weighted by Crippen LogP contribution is 2.22. The van der Waals surface area contributed by atoms with Crippen LogP contribution >= 0.6 is 15.9 Å². The lowest BCUT2D eigenvalue weighted by molar-refractivity contribution is -0.164. The van der Waals surface area contributed by atoms with Gasteiger partial charge in [-0.1, -0.05) is 35.0 Å². The molecule has 2 unspecified atom stereocenters. The topological polar surface area (TPSA) is 18.5 Å². The Morgan fingerprint density at radius 2 is 2.35 bits per heavy atom. The molecule has 2 rings (SSSR count). The second-order valence-electron chi connectivity index (χ2n) is 4.59. The van der Waals surface area contributed by atoms with Crippen molar-refractivity contribution in [3.63, 3.8) is 0 Å². The Hall–Kier alpha value is -0.380. The van der Waals surface area contributed by atoms with Crippen LogP contribution < -0.4 is 0 Å². The standard InChI is InChI=1S/C14H19BrO2/c1-11(12-5-4-6-13(15)9-12)10-17-14-7-2-3-8-16-14/h4-6,9,11,14H,2-3,7-8,10H2,1H3. The van der Waals surface area contributed by atoms with Gasteiger partial charge in [0.1, 0.15) is 0 Å². The minimum atomic E-state index is 0.0124. The molecule has 0 aromatic heterocycles. The van der Waals surface area contributed by atoms with Crippen LogP contribution in [0.15, 0.2) is 28.7 Å². The summed E-state index contributed by atoms with van der Waals surface area (Å²) in [6.07, 6.45) is 3.43. The summed E-state index contributed by atoms with van der Waals surface area (Å²) in [7, 11) is 0. The van der Waals surface area contributed by atoms with Crippen LogP contribution in [0.4, 0.5) is 0 Å². The molecule has 0 N–H and O–H groups in total. The van der Waals surface area contributed by atoms with E-state index in [4.69, 9.17) is 9.47 Å². The number of ether oxygens (including phenoxy) is 2. The maximum Gasteiger partial charge on any atom is 0.157 e. The molecule has 2 nitrogen and oxygen atoms in total. The summed E-state index contributed by atoms with van der Waals surface area (Å²) in [6, 6.07) is 8.39. The van der Waals surface area contributed by atoms with Gasteiger partial charge >= 0.3 is 0 Å². The van der Waals surface area contributed by atoms with Crippen LogP contribution in [-0.4, -0.2) is 19.5 Å². The molecule has 0 radical (unpaired) electrons. The van der Waals surface area contributed by atoms with Gasteiger partial charge in [0.05, 0.1) is 6.61 Å². The van der Waals surface area contributed by atoms with Gasteiger partial charge in [-0.25, -0.2) is 0 Å². The largest absolute Gasteiger partial charge is 0.353 e. The first-order valence-electron chi connectivity index (χ1n) is 6.24. The molecule has 0 aliphatic carbocycles. The monoisotopic (exact) mass is 298 g/mol. The highest BCUT2D eigenvalue weighted by Gasteiger charge is 2.15. The quantitative estimate of drug-likeness (QED) is 0.833. The normalized spacial score (nSPS) is 22.4. The first-order chi connectivity index (χ1) is 8.25. The van der Waals surface area contributed by atoms with Crippen LogP contribution in [-0.2, 0) is 9.47 Å². The fourth-order valence-electron chi connectivity index (χ4n) is 2.00. The lowest BCUT2D eigenvalue weighted by Gasteiger charge is -2.24. The van der Waals surface area contributed by atoms with E-state index in [1.54, 1.807) is 0 Å². The van der Waals surface area contributed by atoms with E-state index in [1.807, 2.05) is 6.07 Å². The molecule has 0 spiro atoms. The molecule has 0 saturated carbocycles. The summed E-state index contributed by atoms with van der Waals surface area (Å²) in [5, 5.41) is 0. The van der Waals surface area contributed by atoms with Crippen LogP contribution in [0.25, 0.3) is 0 Å². The van der Waals surface area contributed by atoms with Crippen LogP contribution in [0, 0.1) is 0 Å². The molecule has 1 aromatic carbocycles. The predicted octanol–water partition coefficient (Wildman–Crippen LogP) is 4.10. The van der Waals surface area contributed by atoms with Gasteiger partial charge in [-0.3, -0.25) is 0 Å². The zero-order chi connectivity index (χ0) is 12.1. The van der Waals surface area contributed by atoms with Crippen molar-refractivity contribution in [2.45, 2.75) is 38.4 Å². The third-order valence-corrected chi connectivity index (χ3v) is 3.58. The van der Waals surface area contributed by atoms with Gasteiger partial charge in [-0.05, 0) is 37.0 Å². The van der Waals surface area contributed by atoms with Crippen LogP contribution in [0.1, 0.15) is 37.7 Å². The van der Waals surface area contributed by atoms with Crippen molar-refractivity contribution in [3.05, 3.63) is 34.3 Å². The fraction of sp³-hybridized carbons (Fsp3) is 0.571. The molecule has 0 bridgehead atoms. The minimum absolute atomic E-state index is 0.0124. The molecule has 1 aliphatic heterocycles. The number of benzene rings is 1. The molecule has 1 aliphatic rings. The zero-order valence-corrected chi connectivity index (χ0v) is 11.8. The van der Waals surface area contributed by atoms with Crippen molar-refractivity contribution in [1.82, 2.24) is 0 Å². The second kappa shape index (κ2) is 6.53. The number of hydrogen-bond donors (Lipinski definition) is 0. The summed E-state index contributed by atoms with van der Waals surface area (Å²) < 4.78 is 12.5. The molecule has 1 heterocycles. The molecule has 1 aromatic rings. The van der Waals surface area contributed by atoms with E-state index in [2.05, 4.69) is 41.1 Å². The van der Waals surface area contributed by atoms with E-state index in [0.717, 1.165) is 24.1 Å².